The molecule has 2 heterocycles. The Hall–Kier alpha value is -2.73. The quantitative estimate of drug-likeness (QED) is 0.772. The number of nitrogens with one attached hydrogen (secondary N) is 1. The van der Waals surface area contributed by atoms with Crippen molar-refractivity contribution < 1.29 is 9.59 Å². The average Bonchev–Trinajstić information content (AvgIpc) is 2.75. The number of nitrogens with zero attached hydrogens (tertiary/aromatic N) is 3. The number of amides is 2. The van der Waals surface area contributed by atoms with Gasteiger partial charge in [-0.2, -0.15) is 0 Å². The van der Waals surface area contributed by atoms with Gasteiger partial charge >= 0.3 is 0 Å². The van der Waals surface area contributed by atoms with E-state index in [9.17, 15) is 9.59 Å². The van der Waals surface area contributed by atoms with Crippen LogP contribution in [0.1, 0.15) is 38.8 Å². The van der Waals surface area contributed by atoms with E-state index in [1.165, 1.54) is 0 Å². The number of carbonyl (C=O) groups is 2. The Bertz CT molecular complexity index is 970. The third-order valence-electron chi connectivity index (χ3n) is 6.28. The Balaban J connectivity index is 1.64. The highest BCUT2D eigenvalue weighted by Gasteiger charge is 2.33. The molecule has 2 unspecified atom stereocenters. The van der Waals surface area contributed by atoms with Crippen molar-refractivity contribution in [1.82, 2.24) is 4.90 Å². The molecule has 0 aliphatic carbocycles. The van der Waals surface area contributed by atoms with Crippen molar-refractivity contribution in [2.45, 2.75) is 39.3 Å². The summed E-state index contributed by atoms with van der Waals surface area (Å²) in [7, 11) is 0. The van der Waals surface area contributed by atoms with E-state index in [0.717, 1.165) is 55.2 Å². The molecule has 7 heteroatoms. The number of benzene rings is 2. The monoisotopic (exact) mass is 440 g/mol. The Morgan fingerprint density at radius 3 is 2.26 bits per heavy atom. The first-order chi connectivity index (χ1) is 14.8. The first-order valence-electron chi connectivity index (χ1n) is 10.8. The van der Waals surface area contributed by atoms with Crippen LogP contribution in [0, 0.1) is 0 Å². The Kier molecular flexibility index (Phi) is 6.10. The van der Waals surface area contributed by atoms with Crippen molar-refractivity contribution in [1.29, 1.82) is 0 Å². The highest BCUT2D eigenvalue weighted by Crippen LogP contribution is 2.41. The maximum absolute atomic E-state index is 12.4. The van der Waals surface area contributed by atoms with Crippen molar-refractivity contribution in [2.24, 2.45) is 0 Å². The number of rotatable bonds is 3. The minimum atomic E-state index is 0.0570. The zero-order chi connectivity index (χ0) is 22.1. The van der Waals surface area contributed by atoms with Crippen molar-refractivity contribution >= 4 is 40.5 Å². The van der Waals surface area contributed by atoms with Gasteiger partial charge in [0.15, 0.2) is 0 Å². The maximum atomic E-state index is 12.4. The molecule has 4 rings (SSSR count). The fourth-order valence-corrected chi connectivity index (χ4v) is 4.82. The zero-order valence-electron chi connectivity index (χ0n) is 18.3. The lowest BCUT2D eigenvalue weighted by molar-refractivity contribution is -0.129. The lowest BCUT2D eigenvalue weighted by Gasteiger charge is -2.41. The first kappa shape index (κ1) is 21.5. The van der Waals surface area contributed by atoms with E-state index in [2.05, 4.69) is 35.3 Å². The van der Waals surface area contributed by atoms with Gasteiger partial charge in [0.25, 0.3) is 0 Å². The Morgan fingerprint density at radius 1 is 0.968 bits per heavy atom. The van der Waals surface area contributed by atoms with Crippen LogP contribution in [0.2, 0.25) is 5.02 Å². The number of halogens is 1. The molecular formula is C24H29ClN4O2. The SMILES string of the molecule is CC(=O)N1CCN(c2ccc3c(c2)C(Nc2ccc(Cl)cc2)CC(C)N3C(C)=O)CC1. The number of anilines is 3. The summed E-state index contributed by atoms with van der Waals surface area (Å²) in [5.41, 5.74) is 4.21. The van der Waals surface area contributed by atoms with Crippen LogP contribution in [0.25, 0.3) is 0 Å². The van der Waals surface area contributed by atoms with Crippen LogP contribution in [0.4, 0.5) is 17.1 Å². The fourth-order valence-electron chi connectivity index (χ4n) is 4.69. The third-order valence-corrected chi connectivity index (χ3v) is 6.53. The summed E-state index contributed by atoms with van der Waals surface area (Å²) in [5.74, 6) is 0.185. The summed E-state index contributed by atoms with van der Waals surface area (Å²) in [6.07, 6.45) is 0.816. The van der Waals surface area contributed by atoms with E-state index >= 15 is 0 Å². The molecule has 0 saturated carbocycles. The number of hydrogen-bond acceptors (Lipinski definition) is 4. The smallest absolute Gasteiger partial charge is 0.224 e. The van der Waals surface area contributed by atoms with Crippen molar-refractivity contribution in [3.05, 3.63) is 53.1 Å². The predicted octanol–water partition coefficient (Wildman–Crippen LogP) is 4.31. The van der Waals surface area contributed by atoms with Crippen LogP contribution in [0.15, 0.2) is 42.5 Å². The van der Waals surface area contributed by atoms with Gasteiger partial charge in [0.05, 0.1) is 6.04 Å². The highest BCUT2D eigenvalue weighted by atomic mass is 35.5. The van der Waals surface area contributed by atoms with Crippen molar-refractivity contribution in [2.75, 3.05) is 41.3 Å². The van der Waals surface area contributed by atoms with E-state index < -0.39 is 0 Å². The van der Waals surface area contributed by atoms with Gasteiger partial charge in [-0.3, -0.25) is 9.59 Å². The number of fused-ring (bicyclic) bond motifs is 1. The zero-order valence-corrected chi connectivity index (χ0v) is 19.0. The summed E-state index contributed by atoms with van der Waals surface area (Å²) in [6, 6.07) is 14.3. The molecule has 2 aromatic carbocycles. The van der Waals surface area contributed by atoms with Gasteiger partial charge in [0.2, 0.25) is 11.8 Å². The second-order valence-electron chi connectivity index (χ2n) is 8.41. The summed E-state index contributed by atoms with van der Waals surface area (Å²) in [6.45, 7) is 8.42. The van der Waals surface area contributed by atoms with Crippen LogP contribution in [-0.2, 0) is 9.59 Å². The van der Waals surface area contributed by atoms with Gasteiger partial charge in [-0.25, -0.2) is 0 Å². The van der Waals surface area contributed by atoms with Gasteiger partial charge in [-0.05, 0) is 55.8 Å². The molecule has 0 spiro atoms. The van der Waals surface area contributed by atoms with E-state index in [0.29, 0.717) is 5.02 Å². The molecule has 31 heavy (non-hydrogen) atoms. The van der Waals surface area contributed by atoms with Gasteiger partial charge in [-0.15, -0.1) is 0 Å². The molecule has 0 radical (unpaired) electrons. The summed E-state index contributed by atoms with van der Waals surface area (Å²) >= 11 is 6.05. The molecule has 164 valence electrons. The Labute approximate surface area is 188 Å². The minimum absolute atomic E-state index is 0.0570. The van der Waals surface area contributed by atoms with Crippen LogP contribution >= 0.6 is 11.6 Å². The molecule has 0 aromatic heterocycles. The maximum Gasteiger partial charge on any atom is 0.224 e. The second kappa shape index (κ2) is 8.79. The molecule has 2 amide bonds. The second-order valence-corrected chi connectivity index (χ2v) is 8.85. The number of piperazine rings is 1. The Morgan fingerprint density at radius 2 is 1.65 bits per heavy atom. The van der Waals surface area contributed by atoms with Gasteiger partial charge in [-0.1, -0.05) is 11.6 Å². The standard InChI is InChI=1S/C24H29ClN4O2/c1-16-14-23(26-20-6-4-19(25)5-7-20)22-15-21(8-9-24(22)29(16)18(3)31)28-12-10-27(11-13-28)17(2)30/h4-9,15-16,23,26H,10-14H2,1-3H3. The fraction of sp³-hybridized carbons (Fsp3) is 0.417. The van der Waals surface area contributed by atoms with Crippen LogP contribution < -0.4 is 15.1 Å². The molecule has 2 aliphatic heterocycles. The van der Waals surface area contributed by atoms with Gasteiger partial charge < -0.3 is 20.0 Å². The van der Waals surface area contributed by atoms with Crippen LogP contribution in [0.5, 0.6) is 0 Å². The van der Waals surface area contributed by atoms with E-state index in [4.69, 9.17) is 11.6 Å². The number of carbonyl (C=O) groups excluding carboxylic acids is 2. The van der Waals surface area contributed by atoms with Crippen molar-refractivity contribution in [3.8, 4) is 0 Å². The van der Waals surface area contributed by atoms with E-state index in [1.807, 2.05) is 34.1 Å². The van der Waals surface area contributed by atoms with Gasteiger partial charge in [0, 0.05) is 73.7 Å². The average molecular weight is 441 g/mol. The largest absolute Gasteiger partial charge is 0.378 e. The lowest BCUT2D eigenvalue weighted by Crippen LogP contribution is -2.48. The van der Waals surface area contributed by atoms with Crippen LogP contribution in [-0.4, -0.2) is 48.9 Å². The predicted molar refractivity (Wildman–Crippen MR) is 126 cm³/mol. The molecule has 2 aromatic rings. The van der Waals surface area contributed by atoms with Crippen molar-refractivity contribution in [3.63, 3.8) is 0 Å². The van der Waals surface area contributed by atoms with E-state index in [1.54, 1.807) is 13.8 Å². The molecular weight excluding hydrogens is 412 g/mol. The molecule has 1 N–H and O–H groups in total. The number of hydrogen-bond donors (Lipinski definition) is 1. The third kappa shape index (κ3) is 4.49. The normalized spacial score (nSPS) is 21.0. The molecule has 2 aliphatic rings. The topological polar surface area (TPSA) is 55.9 Å². The summed E-state index contributed by atoms with van der Waals surface area (Å²) in [4.78, 5) is 30.2. The van der Waals surface area contributed by atoms with E-state index in [-0.39, 0.29) is 23.9 Å². The summed E-state index contributed by atoms with van der Waals surface area (Å²) < 4.78 is 0. The molecule has 1 saturated heterocycles. The highest BCUT2D eigenvalue weighted by molar-refractivity contribution is 6.30. The van der Waals surface area contributed by atoms with Crippen LogP contribution in [0.3, 0.4) is 0 Å². The van der Waals surface area contributed by atoms with Gasteiger partial charge in [0.1, 0.15) is 0 Å². The minimum Gasteiger partial charge on any atom is -0.378 e. The molecule has 1 fully saturated rings. The summed E-state index contributed by atoms with van der Waals surface area (Å²) in [5, 5.41) is 4.34. The first-order valence-corrected chi connectivity index (χ1v) is 11.2. The molecule has 0 bridgehead atoms. The molecule has 6 nitrogen and oxygen atoms in total. The molecule has 2 atom stereocenters. The lowest BCUT2D eigenvalue weighted by atomic mass is 9.90.